The van der Waals surface area contributed by atoms with E-state index in [0.717, 1.165) is 11.8 Å². The molecule has 0 aromatic rings. The molecule has 0 aromatic carbocycles. The molecule has 0 radical (unpaired) electrons. The minimum atomic E-state index is 0.974. The smallest absolute Gasteiger partial charge is 0.00173 e. The summed E-state index contributed by atoms with van der Waals surface area (Å²) >= 11 is 0. The number of nitrogens with one attached hydrogen (secondary N) is 1. The molecule has 2 unspecified atom stereocenters. The van der Waals surface area contributed by atoms with Crippen LogP contribution in [0.2, 0.25) is 0 Å². The van der Waals surface area contributed by atoms with Crippen molar-refractivity contribution in [3.8, 4) is 0 Å². The van der Waals surface area contributed by atoms with Crippen LogP contribution in [0, 0.1) is 11.8 Å². The van der Waals surface area contributed by atoms with Crippen LogP contribution < -0.4 is 5.32 Å². The van der Waals surface area contributed by atoms with Crippen LogP contribution in [-0.4, -0.2) is 13.1 Å². The molecule has 0 amide bonds. The van der Waals surface area contributed by atoms with Crippen LogP contribution in [0.15, 0.2) is 0 Å². The normalized spacial score (nSPS) is 31.1. The van der Waals surface area contributed by atoms with Gasteiger partial charge in [-0.1, -0.05) is 33.1 Å². The second-order valence-electron chi connectivity index (χ2n) is 3.73. The van der Waals surface area contributed by atoms with E-state index in [1.165, 1.54) is 38.8 Å². The molecule has 1 N–H and O–H groups in total. The van der Waals surface area contributed by atoms with E-state index in [1.54, 1.807) is 0 Å². The molecule has 1 heteroatoms. The van der Waals surface area contributed by atoms with E-state index in [-0.39, 0.29) is 0 Å². The monoisotopic (exact) mass is 155 g/mol. The topological polar surface area (TPSA) is 12.0 Å². The second kappa shape index (κ2) is 4.76. The first-order valence-electron chi connectivity index (χ1n) is 5.09. The second-order valence-corrected chi connectivity index (χ2v) is 3.73. The van der Waals surface area contributed by atoms with E-state index in [9.17, 15) is 0 Å². The van der Waals surface area contributed by atoms with Crippen LogP contribution in [0.3, 0.4) is 0 Å². The van der Waals surface area contributed by atoms with E-state index in [2.05, 4.69) is 19.2 Å². The predicted molar refractivity (Wildman–Crippen MR) is 49.7 cm³/mol. The molecule has 1 aliphatic rings. The summed E-state index contributed by atoms with van der Waals surface area (Å²) < 4.78 is 0. The van der Waals surface area contributed by atoms with Crippen molar-refractivity contribution < 1.29 is 0 Å². The Morgan fingerprint density at radius 2 is 1.91 bits per heavy atom. The van der Waals surface area contributed by atoms with E-state index < -0.39 is 0 Å². The maximum absolute atomic E-state index is 3.48. The first kappa shape index (κ1) is 9.05. The van der Waals surface area contributed by atoms with Gasteiger partial charge in [-0.2, -0.15) is 0 Å². The Hall–Kier alpha value is -0.0400. The molecule has 0 aromatic heterocycles. The summed E-state index contributed by atoms with van der Waals surface area (Å²) in [5.41, 5.74) is 0. The standard InChI is InChI=1S/C10H21N/c1-3-5-6-10-8-11-7-9(10)4-2/h9-11H,3-8H2,1-2H3. The number of hydrogen-bond donors (Lipinski definition) is 1. The molecule has 0 spiro atoms. The molecule has 1 fully saturated rings. The van der Waals surface area contributed by atoms with Crippen LogP contribution in [0.4, 0.5) is 0 Å². The molecule has 1 heterocycles. The number of rotatable bonds is 4. The summed E-state index contributed by atoms with van der Waals surface area (Å²) in [5, 5.41) is 3.48. The van der Waals surface area contributed by atoms with E-state index in [1.807, 2.05) is 0 Å². The van der Waals surface area contributed by atoms with Crippen molar-refractivity contribution in [2.24, 2.45) is 11.8 Å². The highest BCUT2D eigenvalue weighted by atomic mass is 14.9. The van der Waals surface area contributed by atoms with Crippen LogP contribution in [0.25, 0.3) is 0 Å². The maximum Gasteiger partial charge on any atom is -0.00173 e. The van der Waals surface area contributed by atoms with Gasteiger partial charge < -0.3 is 5.32 Å². The highest BCUT2D eigenvalue weighted by molar-refractivity contribution is 4.79. The lowest BCUT2D eigenvalue weighted by Gasteiger charge is -2.15. The molecule has 0 aliphatic carbocycles. The molecule has 0 bridgehead atoms. The average molecular weight is 155 g/mol. The SMILES string of the molecule is CCCCC1CNCC1CC. The van der Waals surface area contributed by atoms with Gasteiger partial charge >= 0.3 is 0 Å². The van der Waals surface area contributed by atoms with Crippen molar-refractivity contribution in [3.05, 3.63) is 0 Å². The predicted octanol–water partition coefficient (Wildman–Crippen LogP) is 2.42. The van der Waals surface area contributed by atoms with Gasteiger partial charge in [0, 0.05) is 0 Å². The van der Waals surface area contributed by atoms with Gasteiger partial charge in [0.25, 0.3) is 0 Å². The summed E-state index contributed by atoms with van der Waals surface area (Å²) in [7, 11) is 0. The van der Waals surface area contributed by atoms with E-state index in [4.69, 9.17) is 0 Å². The van der Waals surface area contributed by atoms with E-state index in [0.29, 0.717) is 0 Å². The summed E-state index contributed by atoms with van der Waals surface area (Å²) in [6, 6.07) is 0. The van der Waals surface area contributed by atoms with Gasteiger partial charge in [-0.25, -0.2) is 0 Å². The molecular weight excluding hydrogens is 134 g/mol. The van der Waals surface area contributed by atoms with Crippen LogP contribution in [0.1, 0.15) is 39.5 Å². The molecule has 0 saturated carbocycles. The van der Waals surface area contributed by atoms with Crippen LogP contribution in [0.5, 0.6) is 0 Å². The van der Waals surface area contributed by atoms with Crippen molar-refractivity contribution in [2.75, 3.05) is 13.1 Å². The third kappa shape index (κ3) is 2.48. The molecule has 1 rings (SSSR count). The fourth-order valence-corrected chi connectivity index (χ4v) is 2.07. The minimum Gasteiger partial charge on any atom is -0.316 e. The Bertz CT molecular complexity index is 101. The third-order valence-electron chi connectivity index (χ3n) is 2.93. The summed E-state index contributed by atoms with van der Waals surface area (Å²) in [6.07, 6.45) is 5.58. The van der Waals surface area contributed by atoms with Crippen LogP contribution >= 0.6 is 0 Å². The van der Waals surface area contributed by atoms with E-state index >= 15 is 0 Å². The maximum atomic E-state index is 3.48. The Kier molecular flexibility index (Phi) is 3.92. The quantitative estimate of drug-likeness (QED) is 0.657. The molecule has 2 atom stereocenters. The lowest BCUT2D eigenvalue weighted by molar-refractivity contribution is 0.374. The Morgan fingerprint density at radius 3 is 2.55 bits per heavy atom. The molecule has 1 aliphatic heterocycles. The van der Waals surface area contributed by atoms with Crippen molar-refractivity contribution in [1.82, 2.24) is 5.32 Å². The first-order chi connectivity index (χ1) is 5.38. The average Bonchev–Trinajstić information content (AvgIpc) is 2.47. The zero-order chi connectivity index (χ0) is 8.10. The van der Waals surface area contributed by atoms with Crippen molar-refractivity contribution in [1.29, 1.82) is 0 Å². The van der Waals surface area contributed by atoms with Gasteiger partial charge in [-0.05, 0) is 31.3 Å². The Balaban J connectivity index is 2.20. The molecule has 66 valence electrons. The lowest BCUT2D eigenvalue weighted by atomic mass is 9.89. The number of hydrogen-bond acceptors (Lipinski definition) is 1. The lowest BCUT2D eigenvalue weighted by Crippen LogP contribution is -2.10. The van der Waals surface area contributed by atoms with Crippen molar-refractivity contribution in [3.63, 3.8) is 0 Å². The molecule has 1 saturated heterocycles. The fourth-order valence-electron chi connectivity index (χ4n) is 2.07. The molecule has 1 nitrogen and oxygen atoms in total. The third-order valence-corrected chi connectivity index (χ3v) is 2.93. The van der Waals surface area contributed by atoms with Gasteiger partial charge in [0.15, 0.2) is 0 Å². The zero-order valence-electron chi connectivity index (χ0n) is 7.90. The summed E-state index contributed by atoms with van der Waals surface area (Å²) in [6.45, 7) is 7.14. The van der Waals surface area contributed by atoms with Gasteiger partial charge in [0.1, 0.15) is 0 Å². The van der Waals surface area contributed by atoms with Crippen molar-refractivity contribution >= 4 is 0 Å². The molecule has 11 heavy (non-hydrogen) atoms. The van der Waals surface area contributed by atoms with Crippen LogP contribution in [-0.2, 0) is 0 Å². The van der Waals surface area contributed by atoms with Gasteiger partial charge in [-0.15, -0.1) is 0 Å². The minimum absolute atomic E-state index is 0.974. The van der Waals surface area contributed by atoms with Crippen molar-refractivity contribution in [2.45, 2.75) is 39.5 Å². The Morgan fingerprint density at radius 1 is 1.18 bits per heavy atom. The highest BCUT2D eigenvalue weighted by Crippen LogP contribution is 2.24. The zero-order valence-corrected chi connectivity index (χ0v) is 7.90. The fraction of sp³-hybridized carbons (Fsp3) is 1.00. The van der Waals surface area contributed by atoms with Gasteiger partial charge in [0.2, 0.25) is 0 Å². The highest BCUT2D eigenvalue weighted by Gasteiger charge is 2.24. The Labute approximate surface area is 70.6 Å². The molecular formula is C10H21N. The summed E-state index contributed by atoms with van der Waals surface area (Å²) in [4.78, 5) is 0. The summed E-state index contributed by atoms with van der Waals surface area (Å²) in [5.74, 6) is 1.96. The number of unbranched alkanes of at least 4 members (excludes halogenated alkanes) is 1. The van der Waals surface area contributed by atoms with Gasteiger partial charge in [0.05, 0.1) is 0 Å². The largest absolute Gasteiger partial charge is 0.316 e. The van der Waals surface area contributed by atoms with Gasteiger partial charge in [-0.3, -0.25) is 0 Å². The first-order valence-corrected chi connectivity index (χ1v) is 5.09.